The zero-order valence-electron chi connectivity index (χ0n) is 13.4. The van der Waals surface area contributed by atoms with Crippen LogP contribution in [0.25, 0.3) is 0 Å². The number of benzene rings is 2. The van der Waals surface area contributed by atoms with Gasteiger partial charge < -0.3 is 10.1 Å². The van der Waals surface area contributed by atoms with Crippen LogP contribution in [0.3, 0.4) is 0 Å². The Balaban J connectivity index is 0.00000208. The predicted molar refractivity (Wildman–Crippen MR) is 109 cm³/mol. The highest BCUT2D eigenvalue weighted by molar-refractivity contribution is 9.11. The molecule has 1 aliphatic rings. The summed E-state index contributed by atoms with van der Waals surface area (Å²) in [5, 5.41) is 3.65. The van der Waals surface area contributed by atoms with Crippen molar-refractivity contribution in [2.75, 3.05) is 0 Å². The third kappa shape index (κ3) is 5.48. The van der Waals surface area contributed by atoms with Gasteiger partial charge in [-0.1, -0.05) is 43.2 Å². The zero-order valence-corrected chi connectivity index (χ0v) is 17.4. The maximum Gasteiger partial charge on any atom is 0.148 e. The van der Waals surface area contributed by atoms with Crippen LogP contribution in [-0.4, -0.2) is 6.04 Å². The van der Waals surface area contributed by atoms with Gasteiger partial charge in [0.2, 0.25) is 0 Å². The summed E-state index contributed by atoms with van der Waals surface area (Å²) in [6.07, 6.45) is 5.33. The van der Waals surface area contributed by atoms with Crippen LogP contribution in [0.15, 0.2) is 51.4 Å². The molecule has 0 unspecified atom stereocenters. The van der Waals surface area contributed by atoms with Crippen molar-refractivity contribution in [3.8, 4) is 5.75 Å². The lowest BCUT2D eigenvalue weighted by atomic mass is 10.2. The van der Waals surface area contributed by atoms with Crippen LogP contribution in [0, 0.1) is 0 Å². The topological polar surface area (TPSA) is 21.3 Å². The number of nitrogens with one attached hydrogen (secondary N) is 1. The van der Waals surface area contributed by atoms with Crippen LogP contribution < -0.4 is 10.1 Å². The molecule has 0 saturated heterocycles. The Morgan fingerprint density at radius 2 is 1.58 bits per heavy atom. The van der Waals surface area contributed by atoms with Gasteiger partial charge >= 0.3 is 0 Å². The molecule has 2 aromatic carbocycles. The van der Waals surface area contributed by atoms with E-state index in [2.05, 4.69) is 61.4 Å². The molecule has 2 nitrogen and oxygen atoms in total. The molecule has 5 heteroatoms. The van der Waals surface area contributed by atoms with Crippen molar-refractivity contribution in [1.82, 2.24) is 5.32 Å². The molecule has 1 aliphatic carbocycles. The van der Waals surface area contributed by atoms with Crippen LogP contribution in [0.1, 0.15) is 36.8 Å². The van der Waals surface area contributed by atoms with Gasteiger partial charge in [-0.25, -0.2) is 0 Å². The molecule has 0 spiro atoms. The summed E-state index contributed by atoms with van der Waals surface area (Å²) in [5.74, 6) is 0.860. The molecule has 1 N–H and O–H groups in total. The van der Waals surface area contributed by atoms with Crippen molar-refractivity contribution in [1.29, 1.82) is 0 Å². The van der Waals surface area contributed by atoms with Crippen molar-refractivity contribution in [3.63, 3.8) is 0 Å². The molecule has 0 bridgehead atoms. The molecule has 1 saturated carbocycles. The van der Waals surface area contributed by atoms with E-state index in [1.165, 1.54) is 36.8 Å². The monoisotopic (exact) mass is 473 g/mol. The maximum atomic E-state index is 5.97. The van der Waals surface area contributed by atoms with Gasteiger partial charge in [0.1, 0.15) is 12.4 Å². The van der Waals surface area contributed by atoms with Crippen molar-refractivity contribution in [2.24, 2.45) is 0 Å². The number of halogens is 3. The average Bonchev–Trinajstić information content (AvgIpc) is 3.06. The second kappa shape index (κ2) is 9.81. The third-order valence-electron chi connectivity index (χ3n) is 4.23. The minimum atomic E-state index is 0. The first-order valence-electron chi connectivity index (χ1n) is 8.10. The molecule has 0 atom stereocenters. The van der Waals surface area contributed by atoms with E-state index in [-0.39, 0.29) is 12.4 Å². The predicted octanol–water partition coefficient (Wildman–Crippen LogP) is 6.24. The number of hydrogen-bond donors (Lipinski definition) is 1. The van der Waals surface area contributed by atoms with Crippen molar-refractivity contribution in [3.05, 3.63) is 62.5 Å². The molecule has 0 aliphatic heterocycles. The molecule has 1 fully saturated rings. The van der Waals surface area contributed by atoms with Gasteiger partial charge in [-0.2, -0.15) is 0 Å². The van der Waals surface area contributed by atoms with Crippen LogP contribution in [0.4, 0.5) is 0 Å². The normalized spacial score (nSPS) is 14.4. The molecule has 2 aromatic rings. The van der Waals surface area contributed by atoms with Gasteiger partial charge in [-0.05, 0) is 68.0 Å². The number of rotatable bonds is 6. The largest absolute Gasteiger partial charge is 0.487 e. The highest BCUT2D eigenvalue weighted by Gasteiger charge is 2.15. The lowest BCUT2D eigenvalue weighted by Gasteiger charge is -2.15. The average molecular weight is 476 g/mol. The van der Waals surface area contributed by atoms with E-state index < -0.39 is 0 Å². The highest BCUT2D eigenvalue weighted by atomic mass is 79.9. The standard InChI is InChI=1S/C19H21Br2NO.ClH/c20-17-10-15(12-22-16-8-4-5-9-16)11-18(21)19(17)23-13-14-6-2-1-3-7-14;/h1-3,6-7,10-11,16,22H,4-5,8-9,12-13H2;1H. The molecular weight excluding hydrogens is 453 g/mol. The van der Waals surface area contributed by atoms with Crippen LogP contribution in [-0.2, 0) is 13.2 Å². The van der Waals surface area contributed by atoms with Crippen LogP contribution in [0.2, 0.25) is 0 Å². The molecule has 0 amide bonds. The van der Waals surface area contributed by atoms with E-state index in [1.807, 2.05) is 18.2 Å². The first-order chi connectivity index (χ1) is 11.2. The summed E-state index contributed by atoms with van der Waals surface area (Å²) in [6.45, 7) is 1.47. The summed E-state index contributed by atoms with van der Waals surface area (Å²) in [6, 6.07) is 15.2. The quantitative estimate of drug-likeness (QED) is 0.534. The Hall–Kier alpha value is -0.550. The molecule has 0 aromatic heterocycles. The van der Waals surface area contributed by atoms with Gasteiger partial charge in [0.05, 0.1) is 8.95 Å². The molecule has 3 rings (SSSR count). The SMILES string of the molecule is Brc1cc(CNC2CCCC2)cc(Br)c1OCc1ccccc1.Cl. The van der Waals surface area contributed by atoms with E-state index in [9.17, 15) is 0 Å². The van der Waals surface area contributed by atoms with E-state index in [0.717, 1.165) is 21.2 Å². The van der Waals surface area contributed by atoms with Gasteiger partial charge in [0.25, 0.3) is 0 Å². The molecular formula is C19H22Br2ClNO. The van der Waals surface area contributed by atoms with E-state index in [4.69, 9.17) is 4.74 Å². The second-order valence-electron chi connectivity index (χ2n) is 6.03. The van der Waals surface area contributed by atoms with Crippen LogP contribution >= 0.6 is 44.3 Å². The van der Waals surface area contributed by atoms with Crippen molar-refractivity contribution < 1.29 is 4.74 Å². The maximum absolute atomic E-state index is 5.97. The summed E-state index contributed by atoms with van der Waals surface area (Å²) >= 11 is 7.28. The Kier molecular flexibility index (Phi) is 8.08. The Morgan fingerprint density at radius 3 is 2.21 bits per heavy atom. The van der Waals surface area contributed by atoms with E-state index >= 15 is 0 Å². The van der Waals surface area contributed by atoms with Crippen molar-refractivity contribution >= 4 is 44.3 Å². The molecule has 130 valence electrons. The van der Waals surface area contributed by atoms with Gasteiger partial charge in [-0.3, -0.25) is 0 Å². The lowest BCUT2D eigenvalue weighted by Crippen LogP contribution is -2.25. The fraction of sp³-hybridized carbons (Fsp3) is 0.368. The third-order valence-corrected chi connectivity index (χ3v) is 5.41. The Morgan fingerprint density at radius 1 is 0.958 bits per heavy atom. The summed E-state index contributed by atoms with van der Waals surface area (Å²) in [5.41, 5.74) is 2.43. The number of ether oxygens (including phenoxy) is 1. The van der Waals surface area contributed by atoms with Crippen molar-refractivity contribution in [2.45, 2.75) is 44.9 Å². The highest BCUT2D eigenvalue weighted by Crippen LogP contribution is 2.35. The fourth-order valence-corrected chi connectivity index (χ4v) is 4.48. The first kappa shape index (κ1) is 19.8. The fourth-order valence-electron chi connectivity index (χ4n) is 2.97. The van der Waals surface area contributed by atoms with Crippen LogP contribution in [0.5, 0.6) is 5.75 Å². The summed E-state index contributed by atoms with van der Waals surface area (Å²) < 4.78 is 7.96. The Labute approximate surface area is 167 Å². The number of hydrogen-bond acceptors (Lipinski definition) is 2. The lowest BCUT2D eigenvalue weighted by molar-refractivity contribution is 0.302. The first-order valence-corrected chi connectivity index (χ1v) is 9.69. The molecule has 0 radical (unpaired) electrons. The molecule has 24 heavy (non-hydrogen) atoms. The van der Waals surface area contributed by atoms with Gasteiger partial charge in [0, 0.05) is 12.6 Å². The zero-order chi connectivity index (χ0) is 16.1. The van der Waals surface area contributed by atoms with E-state index in [0.29, 0.717) is 12.6 Å². The van der Waals surface area contributed by atoms with Gasteiger partial charge in [-0.15, -0.1) is 12.4 Å². The van der Waals surface area contributed by atoms with E-state index in [1.54, 1.807) is 0 Å². The smallest absolute Gasteiger partial charge is 0.148 e. The minimum absolute atomic E-state index is 0. The summed E-state index contributed by atoms with van der Waals surface area (Å²) in [4.78, 5) is 0. The summed E-state index contributed by atoms with van der Waals surface area (Å²) in [7, 11) is 0. The molecule has 0 heterocycles. The second-order valence-corrected chi connectivity index (χ2v) is 7.73. The van der Waals surface area contributed by atoms with Gasteiger partial charge in [0.15, 0.2) is 0 Å². The Bertz CT molecular complexity index is 622. The minimum Gasteiger partial charge on any atom is -0.487 e.